The molecule has 0 radical (unpaired) electrons. The lowest BCUT2D eigenvalue weighted by molar-refractivity contribution is -0.138. The van der Waals surface area contributed by atoms with Gasteiger partial charge in [-0.2, -0.15) is 9.97 Å². The van der Waals surface area contributed by atoms with Crippen LogP contribution in [-0.2, 0) is 15.6 Å². The summed E-state index contributed by atoms with van der Waals surface area (Å²) in [4.78, 5) is 30.0. The number of carboxylic acid groups (broad SMARTS) is 1. The lowest BCUT2D eigenvalue weighted by Crippen LogP contribution is -2.43. The molecule has 2 aromatic heterocycles. The molecule has 278 valence electrons. The van der Waals surface area contributed by atoms with Crippen LogP contribution >= 0.6 is 0 Å². The summed E-state index contributed by atoms with van der Waals surface area (Å²) in [5.41, 5.74) is 1.58. The smallest absolute Gasteiger partial charge is 0.319 e. The highest BCUT2D eigenvalue weighted by Crippen LogP contribution is 2.42. The summed E-state index contributed by atoms with van der Waals surface area (Å²) in [6.45, 7) is 14.3. The molecule has 9 nitrogen and oxygen atoms in total. The molecule has 0 bridgehead atoms. The summed E-state index contributed by atoms with van der Waals surface area (Å²) in [6, 6.07) is 12.0. The minimum Gasteiger partial charge on any atom is -0.481 e. The van der Waals surface area contributed by atoms with Crippen molar-refractivity contribution in [2.75, 3.05) is 44.3 Å². The number of carboxylic acids is 1. The van der Waals surface area contributed by atoms with Gasteiger partial charge in [0.25, 0.3) is 0 Å². The number of fused-ring (bicyclic) bond motifs is 3. The van der Waals surface area contributed by atoms with E-state index < -0.39 is 31.8 Å². The van der Waals surface area contributed by atoms with Gasteiger partial charge < -0.3 is 19.2 Å². The van der Waals surface area contributed by atoms with Gasteiger partial charge in [-0.05, 0) is 79.0 Å². The van der Waals surface area contributed by atoms with Gasteiger partial charge >= 0.3 is 12.0 Å². The lowest BCUT2D eigenvalue weighted by atomic mass is 9.94. The van der Waals surface area contributed by atoms with Gasteiger partial charge in [0.15, 0.2) is 14.1 Å². The predicted octanol–water partition coefficient (Wildman–Crippen LogP) is 8.19. The van der Waals surface area contributed by atoms with E-state index in [0.29, 0.717) is 55.9 Å². The molecule has 0 saturated carbocycles. The van der Waals surface area contributed by atoms with E-state index in [2.05, 4.69) is 49.8 Å². The van der Waals surface area contributed by atoms with Crippen molar-refractivity contribution in [2.24, 2.45) is 5.92 Å². The molecule has 3 atom stereocenters. The number of aliphatic carboxylic acids is 1. The van der Waals surface area contributed by atoms with E-state index >= 15 is 4.39 Å². The van der Waals surface area contributed by atoms with Crippen LogP contribution in [0.5, 0.6) is 6.01 Å². The first-order valence-corrected chi connectivity index (χ1v) is 21.7. The second-order valence-electron chi connectivity index (χ2n) is 16.6. The molecule has 7 rings (SSSR count). The number of rotatable bonds is 11. The number of pyridine rings is 1. The van der Waals surface area contributed by atoms with E-state index in [1.165, 1.54) is 0 Å². The molecule has 3 aliphatic heterocycles. The van der Waals surface area contributed by atoms with Crippen LogP contribution in [0.4, 0.5) is 14.6 Å². The Morgan fingerprint density at radius 1 is 1.10 bits per heavy atom. The molecular weight excluding hydrogens is 681 g/mol. The third-order valence-corrected chi connectivity index (χ3v) is 16.6. The van der Waals surface area contributed by atoms with E-state index in [-0.39, 0.29) is 41.2 Å². The topological polar surface area (TPSA) is 101 Å². The van der Waals surface area contributed by atoms with Crippen molar-refractivity contribution in [3.05, 3.63) is 54.0 Å². The van der Waals surface area contributed by atoms with Crippen LogP contribution in [0.2, 0.25) is 18.1 Å². The molecule has 0 aliphatic carbocycles. The maximum Gasteiger partial charge on any atom is 0.319 e. The van der Waals surface area contributed by atoms with Crippen molar-refractivity contribution < 1.29 is 27.8 Å². The van der Waals surface area contributed by atoms with Crippen LogP contribution in [0.25, 0.3) is 32.9 Å². The van der Waals surface area contributed by atoms with Gasteiger partial charge in [0.2, 0.25) is 0 Å². The zero-order chi connectivity index (χ0) is 36.8. The molecule has 5 heterocycles. The summed E-state index contributed by atoms with van der Waals surface area (Å²) in [6.07, 6.45) is 5.20. The Hall–Kier alpha value is -3.74. The normalized spacial score (nSPS) is 22.7. The summed E-state index contributed by atoms with van der Waals surface area (Å²) in [5, 5.41) is 12.0. The largest absolute Gasteiger partial charge is 0.481 e. The number of anilines is 1. The fourth-order valence-corrected chi connectivity index (χ4v) is 9.34. The quantitative estimate of drug-likeness (QED) is 0.153. The summed E-state index contributed by atoms with van der Waals surface area (Å²) in [5.74, 6) is -1.01. The predicted molar refractivity (Wildman–Crippen MR) is 203 cm³/mol. The number of hydrogen-bond acceptors (Lipinski definition) is 8. The number of nitrogens with zero attached hydrogens (tertiary/aromatic N) is 5. The Bertz CT molecular complexity index is 1970. The Balaban J connectivity index is 1.28. The molecule has 3 fully saturated rings. The van der Waals surface area contributed by atoms with Crippen LogP contribution in [0.15, 0.2) is 42.6 Å². The van der Waals surface area contributed by atoms with E-state index in [9.17, 15) is 14.3 Å². The van der Waals surface area contributed by atoms with Gasteiger partial charge in [-0.15, -0.1) is 0 Å². The average Bonchev–Trinajstić information content (AvgIpc) is 3.62. The van der Waals surface area contributed by atoms with Crippen LogP contribution < -0.4 is 9.64 Å². The highest BCUT2D eigenvalue weighted by molar-refractivity contribution is 6.74. The van der Waals surface area contributed by atoms with Crippen LogP contribution in [0.1, 0.15) is 64.9 Å². The number of carbonyl (C=O) groups is 1. The van der Waals surface area contributed by atoms with E-state index in [1.54, 1.807) is 6.20 Å². The number of benzene rings is 2. The number of piperidine rings is 1. The van der Waals surface area contributed by atoms with Crippen LogP contribution in [0.3, 0.4) is 0 Å². The highest BCUT2D eigenvalue weighted by Gasteiger charge is 2.49. The first kappa shape index (κ1) is 36.6. The van der Waals surface area contributed by atoms with Gasteiger partial charge in [0.1, 0.15) is 29.8 Å². The van der Waals surface area contributed by atoms with Crippen molar-refractivity contribution in [3.8, 4) is 17.3 Å². The van der Waals surface area contributed by atoms with Gasteiger partial charge in [-0.25, -0.2) is 8.78 Å². The highest BCUT2D eigenvalue weighted by atomic mass is 28.4. The van der Waals surface area contributed by atoms with E-state index in [1.807, 2.05) is 35.2 Å². The van der Waals surface area contributed by atoms with Crippen molar-refractivity contribution in [2.45, 2.75) is 95.6 Å². The van der Waals surface area contributed by atoms with Gasteiger partial charge in [0, 0.05) is 50.8 Å². The second-order valence-corrected chi connectivity index (χ2v) is 21.4. The molecule has 12 heteroatoms. The fraction of sp³-hybridized carbons (Fsp3) is 0.550. The molecule has 3 aliphatic rings. The monoisotopic (exact) mass is 731 g/mol. The van der Waals surface area contributed by atoms with Crippen molar-refractivity contribution >= 4 is 41.8 Å². The SMILES string of the molecule is CC(C)(C)[Si](C)(C)OCCc1cccc2cccc(-c3ncc4c(N5CCCC(CC(=O)O)C5)nc(OC[C@@]56CCCN5C[C@H](F)C6)nc4c3F)c12. The number of ether oxygens (including phenoxy) is 1. The first-order valence-electron chi connectivity index (χ1n) is 18.7. The van der Waals surface area contributed by atoms with Gasteiger partial charge in [-0.3, -0.25) is 14.7 Å². The van der Waals surface area contributed by atoms with E-state index in [4.69, 9.17) is 19.1 Å². The zero-order valence-corrected chi connectivity index (χ0v) is 32.1. The maximum absolute atomic E-state index is 17.2. The summed E-state index contributed by atoms with van der Waals surface area (Å²) >= 11 is 0. The minimum atomic E-state index is -1.96. The lowest BCUT2D eigenvalue weighted by Gasteiger charge is -2.36. The molecule has 0 spiro atoms. The number of aromatic nitrogens is 3. The molecule has 52 heavy (non-hydrogen) atoms. The zero-order valence-electron chi connectivity index (χ0n) is 31.1. The Morgan fingerprint density at radius 3 is 2.65 bits per heavy atom. The van der Waals surface area contributed by atoms with Crippen LogP contribution in [-0.4, -0.2) is 90.3 Å². The fourth-order valence-electron chi connectivity index (χ4n) is 8.29. The number of hydrogen-bond donors (Lipinski definition) is 1. The molecule has 4 aromatic rings. The molecular formula is C40H51F2N5O4Si. The maximum atomic E-state index is 17.2. The Morgan fingerprint density at radius 2 is 1.88 bits per heavy atom. The van der Waals surface area contributed by atoms with E-state index in [0.717, 1.165) is 48.6 Å². The second kappa shape index (κ2) is 14.2. The standard InChI is InChI=1S/C40H51F2N5O4Si/c1-39(2,3)52(4,5)51-19-15-28-12-6-11-27-13-7-14-30(33(27)28)35-34(42)36-31(22-43-35)37(46-17-8-10-26(23-46)20-32(48)49)45-38(44-36)50-25-40-16-9-18-47(40)24-29(41)21-40/h6-7,11-14,22,26,29H,8-10,15-21,23-25H2,1-5H3,(H,48,49)/t26?,29-,40+/m1/s1. The number of halogens is 2. The first-order chi connectivity index (χ1) is 24.7. The third-order valence-electron chi connectivity index (χ3n) is 12.0. The summed E-state index contributed by atoms with van der Waals surface area (Å²) in [7, 11) is -1.96. The molecule has 0 amide bonds. The third kappa shape index (κ3) is 7.13. The van der Waals surface area contributed by atoms with Gasteiger partial charge in [-0.1, -0.05) is 57.2 Å². The molecule has 2 aromatic carbocycles. The summed E-state index contributed by atoms with van der Waals surface area (Å²) < 4.78 is 44.6. The minimum absolute atomic E-state index is 0.0313. The Labute approximate surface area is 305 Å². The van der Waals surface area contributed by atoms with Crippen molar-refractivity contribution in [1.82, 2.24) is 19.9 Å². The van der Waals surface area contributed by atoms with Gasteiger partial charge in [0.05, 0.1) is 10.9 Å². The Kier molecular flexibility index (Phi) is 10.0. The molecule has 1 unspecified atom stereocenters. The number of alkyl halides is 1. The van der Waals surface area contributed by atoms with Crippen molar-refractivity contribution in [1.29, 1.82) is 0 Å². The average molecular weight is 732 g/mol. The van der Waals surface area contributed by atoms with Crippen LogP contribution in [0, 0.1) is 11.7 Å². The van der Waals surface area contributed by atoms with Crippen molar-refractivity contribution in [3.63, 3.8) is 0 Å². The molecule has 3 saturated heterocycles. The molecule has 1 N–H and O–H groups in total.